The third kappa shape index (κ3) is 4.92. The molecule has 0 aliphatic carbocycles. The van der Waals surface area contributed by atoms with Crippen LogP contribution < -0.4 is 23.7 Å². The standard InChI is InChI=1S/C26H25FN2O4S/c1-30-21-11-9-20(10-12-21)28-26-29(15-17-5-7-19(27)8-6-17)22(16-34-26)18-13-23(31-2)25(33-4)24(14-18)32-3/h5-14,16H,15H2,1-4H3. The highest BCUT2D eigenvalue weighted by atomic mass is 32.1. The van der Waals surface area contributed by atoms with Crippen LogP contribution in [0.4, 0.5) is 10.1 Å². The molecule has 0 unspecified atom stereocenters. The van der Waals surface area contributed by atoms with E-state index in [0.717, 1.165) is 33.1 Å². The second-order valence-corrected chi connectivity index (χ2v) is 8.18. The molecule has 0 amide bonds. The maximum absolute atomic E-state index is 13.5. The van der Waals surface area contributed by atoms with Gasteiger partial charge in [0.05, 0.1) is 46.4 Å². The lowest BCUT2D eigenvalue weighted by atomic mass is 10.1. The van der Waals surface area contributed by atoms with Crippen molar-refractivity contribution in [2.75, 3.05) is 28.4 Å². The Bertz CT molecular complexity index is 1300. The van der Waals surface area contributed by atoms with Gasteiger partial charge in [0.2, 0.25) is 5.75 Å². The summed E-state index contributed by atoms with van der Waals surface area (Å²) in [4.78, 5) is 5.65. The zero-order valence-corrected chi connectivity index (χ0v) is 20.2. The number of ether oxygens (including phenoxy) is 4. The fourth-order valence-electron chi connectivity index (χ4n) is 3.57. The summed E-state index contributed by atoms with van der Waals surface area (Å²) in [5.41, 5.74) is 3.54. The predicted octanol–water partition coefficient (Wildman–Crippen LogP) is 5.67. The largest absolute Gasteiger partial charge is 0.497 e. The molecule has 0 saturated carbocycles. The molecule has 1 aromatic heterocycles. The van der Waals surface area contributed by atoms with E-state index in [0.29, 0.717) is 23.8 Å². The van der Waals surface area contributed by atoms with E-state index < -0.39 is 0 Å². The summed E-state index contributed by atoms with van der Waals surface area (Å²) in [5, 5.41) is 2.03. The minimum absolute atomic E-state index is 0.271. The van der Waals surface area contributed by atoms with Crippen LogP contribution in [-0.2, 0) is 6.54 Å². The summed E-state index contributed by atoms with van der Waals surface area (Å²) in [7, 11) is 6.38. The Morgan fingerprint density at radius 3 is 2.03 bits per heavy atom. The molecule has 6 nitrogen and oxygen atoms in total. The van der Waals surface area contributed by atoms with E-state index in [9.17, 15) is 4.39 Å². The molecule has 0 N–H and O–H groups in total. The van der Waals surface area contributed by atoms with Gasteiger partial charge in [-0.25, -0.2) is 9.38 Å². The lowest BCUT2D eigenvalue weighted by Gasteiger charge is -2.15. The van der Waals surface area contributed by atoms with E-state index in [4.69, 9.17) is 23.9 Å². The van der Waals surface area contributed by atoms with E-state index in [1.165, 1.54) is 23.5 Å². The molecule has 8 heteroatoms. The zero-order chi connectivity index (χ0) is 24.1. The number of benzene rings is 3. The van der Waals surface area contributed by atoms with Gasteiger partial charge in [-0.1, -0.05) is 12.1 Å². The van der Waals surface area contributed by atoms with Crippen LogP contribution in [0.25, 0.3) is 11.3 Å². The Morgan fingerprint density at radius 1 is 0.824 bits per heavy atom. The van der Waals surface area contributed by atoms with Gasteiger partial charge >= 0.3 is 0 Å². The Labute approximate surface area is 201 Å². The molecule has 3 aromatic carbocycles. The lowest BCUT2D eigenvalue weighted by molar-refractivity contribution is 0.324. The number of nitrogens with zero attached hydrogens (tertiary/aromatic N) is 2. The number of hydrogen-bond donors (Lipinski definition) is 0. The fraction of sp³-hybridized carbons (Fsp3) is 0.192. The highest BCUT2D eigenvalue weighted by Gasteiger charge is 2.17. The van der Waals surface area contributed by atoms with Gasteiger partial charge in [0.1, 0.15) is 11.6 Å². The summed E-state index contributed by atoms with van der Waals surface area (Å²) < 4.78 is 37.4. The SMILES string of the molecule is COc1ccc(N=c2scc(-c3cc(OC)c(OC)c(OC)c3)n2Cc2ccc(F)cc2)cc1. The van der Waals surface area contributed by atoms with Crippen molar-refractivity contribution in [1.29, 1.82) is 0 Å². The summed E-state index contributed by atoms with van der Waals surface area (Å²) in [6.45, 7) is 0.505. The highest BCUT2D eigenvalue weighted by molar-refractivity contribution is 7.07. The first-order chi connectivity index (χ1) is 16.6. The Kier molecular flexibility index (Phi) is 7.18. The topological polar surface area (TPSA) is 54.2 Å². The molecule has 176 valence electrons. The maximum Gasteiger partial charge on any atom is 0.203 e. The molecule has 1 heterocycles. The number of thiazole rings is 1. The molecule has 0 aliphatic rings. The smallest absolute Gasteiger partial charge is 0.203 e. The molecule has 0 atom stereocenters. The van der Waals surface area contributed by atoms with Gasteiger partial charge in [-0.2, -0.15) is 0 Å². The normalized spacial score (nSPS) is 11.4. The minimum atomic E-state index is -0.271. The van der Waals surface area contributed by atoms with Crippen molar-refractivity contribution in [3.63, 3.8) is 0 Å². The summed E-state index contributed by atoms with van der Waals surface area (Å²) in [5.74, 6) is 2.14. The van der Waals surface area contributed by atoms with Crippen molar-refractivity contribution < 1.29 is 23.3 Å². The van der Waals surface area contributed by atoms with Crippen LogP contribution in [0.3, 0.4) is 0 Å². The van der Waals surface area contributed by atoms with Crippen molar-refractivity contribution in [1.82, 2.24) is 4.57 Å². The van der Waals surface area contributed by atoms with Gasteiger partial charge in [-0.15, -0.1) is 11.3 Å². The van der Waals surface area contributed by atoms with Crippen LogP contribution in [0.1, 0.15) is 5.56 Å². The van der Waals surface area contributed by atoms with Crippen molar-refractivity contribution in [3.05, 3.63) is 82.2 Å². The number of rotatable bonds is 8. The number of halogens is 1. The molecule has 4 rings (SSSR count). The van der Waals surface area contributed by atoms with E-state index in [-0.39, 0.29) is 5.82 Å². The predicted molar refractivity (Wildman–Crippen MR) is 131 cm³/mol. The van der Waals surface area contributed by atoms with E-state index in [1.807, 2.05) is 41.8 Å². The van der Waals surface area contributed by atoms with Crippen LogP contribution in [0.5, 0.6) is 23.0 Å². The van der Waals surface area contributed by atoms with Crippen LogP contribution >= 0.6 is 11.3 Å². The Hall–Kier alpha value is -3.78. The third-order valence-corrected chi connectivity index (χ3v) is 6.17. The van der Waals surface area contributed by atoms with Gasteiger partial charge in [-0.3, -0.25) is 0 Å². The average Bonchev–Trinajstić information content (AvgIpc) is 3.26. The van der Waals surface area contributed by atoms with Crippen molar-refractivity contribution in [2.24, 2.45) is 4.99 Å². The van der Waals surface area contributed by atoms with E-state index in [1.54, 1.807) is 40.6 Å². The monoisotopic (exact) mass is 480 g/mol. The minimum Gasteiger partial charge on any atom is -0.497 e. The first-order valence-electron chi connectivity index (χ1n) is 10.5. The molecule has 34 heavy (non-hydrogen) atoms. The zero-order valence-electron chi connectivity index (χ0n) is 19.4. The molecule has 0 fully saturated rings. The van der Waals surface area contributed by atoms with Crippen molar-refractivity contribution >= 4 is 17.0 Å². The maximum atomic E-state index is 13.5. The fourth-order valence-corrected chi connectivity index (χ4v) is 4.50. The first-order valence-corrected chi connectivity index (χ1v) is 11.4. The Balaban J connectivity index is 1.87. The van der Waals surface area contributed by atoms with Gasteiger partial charge in [-0.05, 0) is 54.1 Å². The van der Waals surface area contributed by atoms with Gasteiger partial charge in [0.15, 0.2) is 16.3 Å². The first kappa shape index (κ1) is 23.4. The van der Waals surface area contributed by atoms with Crippen molar-refractivity contribution in [3.8, 4) is 34.3 Å². The third-order valence-electron chi connectivity index (χ3n) is 5.31. The molecule has 4 aromatic rings. The number of aromatic nitrogens is 1. The lowest BCUT2D eigenvalue weighted by Crippen LogP contribution is -2.16. The molecule has 0 radical (unpaired) electrons. The molecular formula is C26H25FN2O4S. The van der Waals surface area contributed by atoms with Crippen LogP contribution in [0.2, 0.25) is 0 Å². The van der Waals surface area contributed by atoms with Gasteiger partial charge in [0, 0.05) is 10.9 Å². The molecule has 0 spiro atoms. The van der Waals surface area contributed by atoms with E-state index in [2.05, 4.69) is 4.57 Å². The summed E-state index contributed by atoms with van der Waals surface area (Å²) in [6.07, 6.45) is 0. The second-order valence-electron chi connectivity index (χ2n) is 7.34. The summed E-state index contributed by atoms with van der Waals surface area (Å²) in [6, 6.07) is 17.8. The van der Waals surface area contributed by atoms with Crippen LogP contribution in [0.15, 0.2) is 71.0 Å². The molecule has 0 bridgehead atoms. The quantitative estimate of drug-likeness (QED) is 0.326. The van der Waals surface area contributed by atoms with E-state index >= 15 is 0 Å². The highest BCUT2D eigenvalue weighted by Crippen LogP contribution is 2.41. The molecular weight excluding hydrogens is 455 g/mol. The number of hydrogen-bond acceptors (Lipinski definition) is 6. The Morgan fingerprint density at radius 2 is 1.47 bits per heavy atom. The van der Waals surface area contributed by atoms with Gasteiger partial charge in [0.25, 0.3) is 0 Å². The second kappa shape index (κ2) is 10.4. The van der Waals surface area contributed by atoms with Crippen LogP contribution in [-0.4, -0.2) is 33.0 Å². The average molecular weight is 481 g/mol. The van der Waals surface area contributed by atoms with Crippen molar-refractivity contribution in [2.45, 2.75) is 6.54 Å². The summed E-state index contributed by atoms with van der Waals surface area (Å²) >= 11 is 1.51. The molecule has 0 aliphatic heterocycles. The van der Waals surface area contributed by atoms with Gasteiger partial charge < -0.3 is 23.5 Å². The molecule has 0 saturated heterocycles. The number of methoxy groups -OCH3 is 4. The van der Waals surface area contributed by atoms with Crippen LogP contribution in [0, 0.1) is 5.82 Å².